The van der Waals surface area contributed by atoms with Crippen molar-refractivity contribution in [3.8, 4) is 0 Å². The zero-order valence-corrected chi connectivity index (χ0v) is 14.4. The average Bonchev–Trinajstić information content (AvgIpc) is 2.96. The van der Waals surface area contributed by atoms with E-state index in [9.17, 15) is 9.59 Å². The van der Waals surface area contributed by atoms with Crippen molar-refractivity contribution in [2.24, 2.45) is 5.41 Å². The summed E-state index contributed by atoms with van der Waals surface area (Å²) < 4.78 is 3.88. The van der Waals surface area contributed by atoms with Crippen molar-refractivity contribution in [2.75, 3.05) is 6.61 Å². The van der Waals surface area contributed by atoms with E-state index in [4.69, 9.17) is 39.5 Å². The van der Waals surface area contributed by atoms with Crippen LogP contribution in [0.15, 0.2) is 24.3 Å². The maximum Gasteiger partial charge on any atom is 0.315 e. The van der Waals surface area contributed by atoms with Crippen LogP contribution in [0.2, 0.25) is 5.02 Å². The summed E-state index contributed by atoms with van der Waals surface area (Å²) >= 11 is 17.7. The van der Waals surface area contributed by atoms with Crippen molar-refractivity contribution in [1.82, 2.24) is 5.32 Å². The highest BCUT2D eigenvalue weighted by molar-refractivity contribution is 6.53. The number of rotatable bonds is 5. The fourth-order valence-electron chi connectivity index (χ4n) is 2.05. The maximum atomic E-state index is 11.9. The number of hydrogen-bond acceptors (Lipinski definition) is 3. The highest BCUT2D eigenvalue weighted by atomic mass is 35.5. The lowest BCUT2D eigenvalue weighted by Crippen LogP contribution is -2.33. The first-order chi connectivity index (χ1) is 10.2. The summed E-state index contributed by atoms with van der Waals surface area (Å²) in [6, 6.07) is 6.92. The number of esters is 1. The molecule has 1 amide bonds. The van der Waals surface area contributed by atoms with Gasteiger partial charge in [0.2, 0.25) is 0 Å². The summed E-state index contributed by atoms with van der Waals surface area (Å²) in [5.41, 5.74) is -0.0727. The van der Waals surface area contributed by atoms with Crippen LogP contribution in [-0.4, -0.2) is 22.8 Å². The molecule has 1 N–H and O–H groups in total. The zero-order chi connectivity index (χ0) is 16.5. The Bertz CT molecular complexity index is 605. The topological polar surface area (TPSA) is 55.4 Å². The van der Waals surface area contributed by atoms with E-state index in [1.54, 1.807) is 25.1 Å². The van der Waals surface area contributed by atoms with Gasteiger partial charge in [0.05, 0.1) is 6.04 Å². The summed E-state index contributed by atoms with van der Waals surface area (Å²) in [6.45, 7) is 3.06. The van der Waals surface area contributed by atoms with Crippen LogP contribution in [0.1, 0.15) is 31.9 Å². The van der Waals surface area contributed by atoms with Crippen LogP contribution in [-0.2, 0) is 14.3 Å². The van der Waals surface area contributed by atoms with E-state index in [0.717, 1.165) is 5.56 Å². The van der Waals surface area contributed by atoms with Crippen molar-refractivity contribution >= 4 is 46.7 Å². The number of amides is 1. The molecule has 1 saturated carbocycles. The molecule has 0 aliphatic heterocycles. The molecule has 1 aliphatic rings. The van der Waals surface area contributed by atoms with E-state index in [1.807, 2.05) is 13.0 Å². The molecule has 0 saturated heterocycles. The molecule has 1 fully saturated rings. The Balaban J connectivity index is 1.82. The quantitative estimate of drug-likeness (QED) is 0.641. The van der Waals surface area contributed by atoms with Crippen LogP contribution < -0.4 is 5.32 Å². The van der Waals surface area contributed by atoms with Crippen LogP contribution >= 0.6 is 34.8 Å². The predicted octanol–water partition coefficient (Wildman–Crippen LogP) is 3.64. The van der Waals surface area contributed by atoms with Crippen LogP contribution in [0.3, 0.4) is 0 Å². The van der Waals surface area contributed by atoms with Crippen LogP contribution in [0.4, 0.5) is 0 Å². The van der Waals surface area contributed by atoms with Crippen molar-refractivity contribution in [2.45, 2.75) is 30.6 Å². The number of carbonyl (C=O) groups is 2. The third kappa shape index (κ3) is 3.67. The van der Waals surface area contributed by atoms with Crippen molar-refractivity contribution in [1.29, 1.82) is 0 Å². The normalized spacial score (nSPS) is 23.5. The first kappa shape index (κ1) is 17.4. The third-order valence-corrected chi connectivity index (χ3v) is 5.11. The fourth-order valence-corrected chi connectivity index (χ4v) is 2.94. The Morgan fingerprint density at radius 3 is 2.59 bits per heavy atom. The SMILES string of the molecule is C[C@H](NC(=O)COC(=O)[C@]1(C)CC1(Cl)Cl)c1cccc(Cl)c1. The Kier molecular flexibility index (Phi) is 4.95. The number of hydrogen-bond donors (Lipinski definition) is 1. The summed E-state index contributed by atoms with van der Waals surface area (Å²) in [5.74, 6) is -0.970. The zero-order valence-electron chi connectivity index (χ0n) is 12.2. The number of ether oxygens (including phenoxy) is 1. The Morgan fingerprint density at radius 2 is 2.05 bits per heavy atom. The van der Waals surface area contributed by atoms with Gasteiger partial charge in [-0.05, 0) is 31.5 Å². The highest BCUT2D eigenvalue weighted by Gasteiger charge is 2.69. The van der Waals surface area contributed by atoms with Crippen LogP contribution in [0, 0.1) is 5.41 Å². The van der Waals surface area contributed by atoms with Crippen molar-refractivity contribution < 1.29 is 14.3 Å². The van der Waals surface area contributed by atoms with Gasteiger partial charge in [-0.3, -0.25) is 9.59 Å². The molecule has 0 bridgehead atoms. The monoisotopic (exact) mass is 363 g/mol. The van der Waals surface area contributed by atoms with Crippen LogP contribution in [0.25, 0.3) is 0 Å². The van der Waals surface area contributed by atoms with E-state index in [-0.39, 0.29) is 12.6 Å². The molecule has 2 atom stereocenters. The average molecular weight is 365 g/mol. The Hall–Kier alpha value is -0.970. The summed E-state index contributed by atoms with van der Waals surface area (Å²) in [4.78, 5) is 23.7. The van der Waals surface area contributed by atoms with E-state index in [2.05, 4.69) is 5.32 Å². The van der Waals surface area contributed by atoms with Gasteiger partial charge in [0.15, 0.2) is 6.61 Å². The van der Waals surface area contributed by atoms with Gasteiger partial charge in [-0.1, -0.05) is 23.7 Å². The van der Waals surface area contributed by atoms with Gasteiger partial charge < -0.3 is 10.1 Å². The minimum absolute atomic E-state index is 0.249. The standard InChI is InChI=1S/C15H16Cl3NO3/c1-9(10-4-3-5-11(16)6-10)19-12(20)7-22-13(21)14(2)8-15(14,17)18/h3-6,9H,7-8H2,1-2H3,(H,19,20)/t9-,14-/m0/s1. The molecule has 1 aromatic carbocycles. The molecule has 4 nitrogen and oxygen atoms in total. The minimum atomic E-state index is -1.10. The number of nitrogens with one attached hydrogen (secondary N) is 1. The number of alkyl halides is 2. The Labute approximate surface area is 144 Å². The molecular weight excluding hydrogens is 349 g/mol. The second-order valence-corrected chi connectivity index (χ2v) is 7.55. The lowest BCUT2D eigenvalue weighted by molar-refractivity contribution is -0.153. The molecule has 0 heterocycles. The fraction of sp³-hybridized carbons (Fsp3) is 0.467. The van der Waals surface area contributed by atoms with Gasteiger partial charge in [0.25, 0.3) is 5.91 Å². The number of benzene rings is 1. The first-order valence-electron chi connectivity index (χ1n) is 6.75. The summed E-state index contributed by atoms with van der Waals surface area (Å²) in [5, 5.41) is 3.32. The Morgan fingerprint density at radius 1 is 1.41 bits per heavy atom. The molecule has 0 radical (unpaired) electrons. The van der Waals surface area contributed by atoms with Gasteiger partial charge in [-0.25, -0.2) is 0 Å². The van der Waals surface area contributed by atoms with Gasteiger partial charge in [-0.2, -0.15) is 0 Å². The van der Waals surface area contributed by atoms with E-state index < -0.39 is 21.6 Å². The molecule has 22 heavy (non-hydrogen) atoms. The second-order valence-electron chi connectivity index (χ2n) is 5.63. The van der Waals surface area contributed by atoms with Gasteiger partial charge >= 0.3 is 5.97 Å². The largest absolute Gasteiger partial charge is 0.455 e. The molecule has 1 aliphatic carbocycles. The van der Waals surface area contributed by atoms with E-state index >= 15 is 0 Å². The molecule has 0 unspecified atom stereocenters. The second kappa shape index (κ2) is 6.26. The van der Waals surface area contributed by atoms with Gasteiger partial charge in [-0.15, -0.1) is 23.2 Å². The molecule has 0 spiro atoms. The van der Waals surface area contributed by atoms with E-state index in [1.165, 1.54) is 0 Å². The molecule has 7 heteroatoms. The van der Waals surface area contributed by atoms with Crippen molar-refractivity contribution in [3.05, 3.63) is 34.9 Å². The lowest BCUT2D eigenvalue weighted by Gasteiger charge is -2.16. The van der Waals surface area contributed by atoms with Gasteiger partial charge in [0.1, 0.15) is 9.75 Å². The smallest absolute Gasteiger partial charge is 0.315 e. The summed E-state index contributed by atoms with van der Waals surface area (Å²) in [6.07, 6.45) is 0.322. The first-order valence-corrected chi connectivity index (χ1v) is 7.89. The summed E-state index contributed by atoms with van der Waals surface area (Å²) in [7, 11) is 0. The van der Waals surface area contributed by atoms with Crippen molar-refractivity contribution in [3.63, 3.8) is 0 Å². The molecular formula is C15H16Cl3NO3. The van der Waals surface area contributed by atoms with Gasteiger partial charge in [0, 0.05) is 11.4 Å². The minimum Gasteiger partial charge on any atom is -0.455 e. The third-order valence-electron chi connectivity index (χ3n) is 3.77. The molecule has 120 valence electrons. The molecule has 1 aromatic rings. The molecule has 0 aromatic heterocycles. The van der Waals surface area contributed by atoms with Crippen LogP contribution in [0.5, 0.6) is 0 Å². The maximum absolute atomic E-state index is 11.9. The number of halogens is 3. The predicted molar refractivity (Wildman–Crippen MR) is 86.1 cm³/mol. The molecule has 2 rings (SSSR count). The highest BCUT2D eigenvalue weighted by Crippen LogP contribution is 2.64. The lowest BCUT2D eigenvalue weighted by atomic mass is 10.1. The number of carbonyl (C=O) groups excluding carboxylic acids is 2. The van der Waals surface area contributed by atoms with E-state index in [0.29, 0.717) is 11.4 Å².